The van der Waals surface area contributed by atoms with Crippen molar-refractivity contribution in [2.75, 3.05) is 6.54 Å². The quantitative estimate of drug-likeness (QED) is 0.838. The molecule has 1 aliphatic carbocycles. The molecule has 3 nitrogen and oxygen atoms in total. The van der Waals surface area contributed by atoms with E-state index < -0.39 is 0 Å². The highest BCUT2D eigenvalue weighted by Crippen LogP contribution is 2.52. The third-order valence-corrected chi connectivity index (χ3v) is 6.90. The lowest BCUT2D eigenvalue weighted by molar-refractivity contribution is 0.126. The summed E-state index contributed by atoms with van der Waals surface area (Å²) in [5.74, 6) is 0. The summed E-state index contributed by atoms with van der Waals surface area (Å²) in [7, 11) is 0. The molecule has 3 heteroatoms. The average molecular weight is 353 g/mol. The van der Waals surface area contributed by atoms with Crippen LogP contribution in [0, 0.1) is 31.6 Å². The smallest absolute Gasteiger partial charge is 0.194 e. The molecule has 0 radical (unpaired) electrons. The van der Waals surface area contributed by atoms with Gasteiger partial charge in [-0.05, 0) is 68.1 Å². The van der Waals surface area contributed by atoms with Gasteiger partial charge >= 0.3 is 0 Å². The Bertz CT molecular complexity index is 939. The van der Waals surface area contributed by atoms with Crippen molar-refractivity contribution in [3.8, 4) is 0 Å². The number of nitrogens with one attached hydrogen (secondary N) is 1. The van der Waals surface area contributed by atoms with Crippen molar-refractivity contribution in [2.45, 2.75) is 73.4 Å². The zero-order valence-corrected chi connectivity index (χ0v) is 17.1. The van der Waals surface area contributed by atoms with Crippen molar-refractivity contribution >= 4 is 10.9 Å². The molecule has 0 unspecified atom stereocenters. The van der Waals surface area contributed by atoms with Crippen LogP contribution in [0.2, 0.25) is 0 Å². The number of H-pyrrole nitrogens is 1. The zero-order valence-electron chi connectivity index (χ0n) is 17.1. The number of aromatic amines is 1. The van der Waals surface area contributed by atoms with E-state index >= 15 is 0 Å². The van der Waals surface area contributed by atoms with E-state index in [1.807, 2.05) is 6.07 Å². The second-order valence-corrected chi connectivity index (χ2v) is 10.1. The zero-order chi connectivity index (χ0) is 18.9. The van der Waals surface area contributed by atoms with Gasteiger partial charge in [0.05, 0.1) is 5.52 Å². The summed E-state index contributed by atoms with van der Waals surface area (Å²) in [4.78, 5) is 19.4. The molecule has 140 valence electrons. The first-order valence-corrected chi connectivity index (χ1v) is 9.94. The molecule has 4 rings (SSSR count). The number of pyridine rings is 1. The summed E-state index contributed by atoms with van der Waals surface area (Å²) in [6.45, 7) is 15.4. The number of rotatable bonds is 2. The largest absolute Gasteiger partial charge is 0.358 e. The second-order valence-electron chi connectivity index (χ2n) is 10.1. The van der Waals surface area contributed by atoms with Gasteiger partial charge in [0.25, 0.3) is 0 Å². The van der Waals surface area contributed by atoms with Crippen molar-refractivity contribution in [2.24, 2.45) is 10.8 Å². The normalized spacial score (nSPS) is 28.0. The monoisotopic (exact) mass is 352 g/mol. The van der Waals surface area contributed by atoms with Crippen LogP contribution in [0.5, 0.6) is 0 Å². The lowest BCUT2D eigenvalue weighted by atomic mass is 9.65. The number of hydrogen-bond acceptors (Lipinski definition) is 2. The van der Waals surface area contributed by atoms with Gasteiger partial charge in [0.2, 0.25) is 0 Å². The third kappa shape index (κ3) is 2.81. The Hall–Kier alpha value is -1.61. The minimum Gasteiger partial charge on any atom is -0.358 e. The van der Waals surface area contributed by atoms with E-state index in [1.165, 1.54) is 30.4 Å². The molecular weight excluding hydrogens is 320 g/mol. The number of likely N-dealkylation sites (tertiary alicyclic amines) is 1. The first-order valence-electron chi connectivity index (χ1n) is 9.94. The summed E-state index contributed by atoms with van der Waals surface area (Å²) in [6.07, 6.45) is 3.81. The lowest BCUT2D eigenvalue weighted by Crippen LogP contribution is -2.35. The number of aryl methyl sites for hydroxylation is 3. The standard InChI is InChI=1S/C23H32N2O/c1-14-7-8-18-20(15(14)2)24-16(3)19(21(18)26)11-25-13-23(6)10-17(25)9-22(4,5)12-23/h7-8,17H,9-13H2,1-6H3,(H,24,26)/t17-,23-/m0/s1. The number of fused-ring (bicyclic) bond motifs is 3. The first-order chi connectivity index (χ1) is 12.1. The second kappa shape index (κ2) is 5.69. The van der Waals surface area contributed by atoms with Crippen molar-refractivity contribution < 1.29 is 0 Å². The lowest BCUT2D eigenvalue weighted by Gasteiger charge is -2.40. The summed E-state index contributed by atoms with van der Waals surface area (Å²) in [6, 6.07) is 4.67. The highest BCUT2D eigenvalue weighted by molar-refractivity contribution is 5.83. The molecule has 1 aliphatic heterocycles. The van der Waals surface area contributed by atoms with Crippen molar-refractivity contribution in [3.63, 3.8) is 0 Å². The molecule has 2 heterocycles. The van der Waals surface area contributed by atoms with Crippen LogP contribution in [0.15, 0.2) is 16.9 Å². The van der Waals surface area contributed by atoms with Gasteiger partial charge in [0, 0.05) is 35.8 Å². The van der Waals surface area contributed by atoms with Crippen LogP contribution in [-0.2, 0) is 6.54 Å². The minimum atomic E-state index is 0.213. The van der Waals surface area contributed by atoms with Crippen LogP contribution in [0.3, 0.4) is 0 Å². The van der Waals surface area contributed by atoms with Gasteiger partial charge < -0.3 is 4.98 Å². The fourth-order valence-electron chi connectivity index (χ4n) is 5.92. The molecule has 2 aromatic rings. The molecule has 1 aromatic heterocycles. The average Bonchev–Trinajstić information content (AvgIpc) is 2.76. The Balaban J connectivity index is 1.73. The van der Waals surface area contributed by atoms with Crippen LogP contribution >= 0.6 is 0 Å². The van der Waals surface area contributed by atoms with Gasteiger partial charge in [-0.15, -0.1) is 0 Å². The Morgan fingerprint density at radius 3 is 2.62 bits per heavy atom. The molecule has 2 fully saturated rings. The maximum absolute atomic E-state index is 13.3. The van der Waals surface area contributed by atoms with Crippen LogP contribution in [0.25, 0.3) is 10.9 Å². The van der Waals surface area contributed by atoms with E-state index in [9.17, 15) is 4.79 Å². The first kappa shape index (κ1) is 17.8. The van der Waals surface area contributed by atoms with Crippen LogP contribution in [0.4, 0.5) is 0 Å². The Morgan fingerprint density at radius 1 is 1.15 bits per heavy atom. The summed E-state index contributed by atoms with van der Waals surface area (Å²) < 4.78 is 0. The summed E-state index contributed by atoms with van der Waals surface area (Å²) in [5, 5.41) is 0.836. The SMILES string of the molecule is Cc1ccc2c(=O)c(CN3C[C@@]4(C)C[C@@H]3CC(C)(C)C4)c(C)[nH]c2c1C. The number of hydrogen-bond donors (Lipinski definition) is 1. The topological polar surface area (TPSA) is 36.1 Å². The molecule has 0 amide bonds. The highest BCUT2D eigenvalue weighted by atomic mass is 16.1. The molecule has 1 saturated carbocycles. The Kier molecular flexibility index (Phi) is 3.89. The van der Waals surface area contributed by atoms with Crippen molar-refractivity contribution in [3.05, 3.63) is 44.7 Å². The molecule has 1 saturated heterocycles. The number of benzene rings is 1. The number of nitrogens with zero attached hydrogens (tertiary/aromatic N) is 1. The van der Waals surface area contributed by atoms with E-state index in [0.717, 1.165) is 35.2 Å². The molecule has 1 N–H and O–H groups in total. The van der Waals surface area contributed by atoms with Crippen LogP contribution in [0.1, 0.15) is 62.4 Å². The van der Waals surface area contributed by atoms with Gasteiger partial charge in [-0.2, -0.15) is 0 Å². The molecule has 26 heavy (non-hydrogen) atoms. The minimum absolute atomic E-state index is 0.213. The van der Waals surface area contributed by atoms with Crippen LogP contribution < -0.4 is 5.43 Å². The fourth-order valence-corrected chi connectivity index (χ4v) is 5.92. The Labute approximate surface area is 156 Å². The predicted octanol–water partition coefficient (Wildman–Crippen LogP) is 4.85. The van der Waals surface area contributed by atoms with E-state index in [4.69, 9.17) is 0 Å². The van der Waals surface area contributed by atoms with Gasteiger partial charge in [-0.3, -0.25) is 9.69 Å². The van der Waals surface area contributed by atoms with E-state index in [-0.39, 0.29) is 5.43 Å². The molecule has 2 atom stereocenters. The van der Waals surface area contributed by atoms with E-state index in [0.29, 0.717) is 16.9 Å². The fraction of sp³-hybridized carbons (Fsp3) is 0.609. The van der Waals surface area contributed by atoms with Crippen molar-refractivity contribution in [1.82, 2.24) is 9.88 Å². The Morgan fingerprint density at radius 2 is 1.88 bits per heavy atom. The maximum atomic E-state index is 13.3. The van der Waals surface area contributed by atoms with Crippen LogP contribution in [-0.4, -0.2) is 22.5 Å². The van der Waals surface area contributed by atoms with Gasteiger partial charge in [0.15, 0.2) is 5.43 Å². The molecule has 0 spiro atoms. The molecule has 1 aromatic carbocycles. The molecule has 2 bridgehead atoms. The summed E-state index contributed by atoms with van der Waals surface area (Å²) in [5.41, 5.74) is 6.42. The predicted molar refractivity (Wildman–Crippen MR) is 109 cm³/mol. The van der Waals surface area contributed by atoms with E-state index in [2.05, 4.69) is 57.5 Å². The van der Waals surface area contributed by atoms with Gasteiger partial charge in [-0.1, -0.05) is 26.8 Å². The third-order valence-electron chi connectivity index (χ3n) is 6.90. The van der Waals surface area contributed by atoms with Crippen molar-refractivity contribution in [1.29, 1.82) is 0 Å². The summed E-state index contributed by atoms with van der Waals surface area (Å²) >= 11 is 0. The number of aromatic nitrogens is 1. The maximum Gasteiger partial charge on any atom is 0.194 e. The van der Waals surface area contributed by atoms with E-state index in [1.54, 1.807) is 0 Å². The highest BCUT2D eigenvalue weighted by Gasteiger charge is 2.49. The molecule has 2 aliphatic rings. The molecular formula is C23H32N2O. The van der Waals surface area contributed by atoms with Gasteiger partial charge in [-0.25, -0.2) is 0 Å². The van der Waals surface area contributed by atoms with Gasteiger partial charge in [0.1, 0.15) is 0 Å².